The molecule has 1 aliphatic carbocycles. The molecule has 132 valence electrons. The first-order valence-corrected chi connectivity index (χ1v) is 9.22. The molecular formula is C20H21Cl2NO2. The minimum atomic E-state index is 0.0414. The summed E-state index contributed by atoms with van der Waals surface area (Å²) in [5, 5.41) is 4.38. The minimum absolute atomic E-state index is 0.0414. The van der Waals surface area contributed by atoms with Crippen LogP contribution in [0.2, 0.25) is 10.0 Å². The van der Waals surface area contributed by atoms with E-state index >= 15 is 0 Å². The highest BCUT2D eigenvalue weighted by molar-refractivity contribution is 6.35. The third-order valence-corrected chi connectivity index (χ3v) is 5.22. The van der Waals surface area contributed by atoms with Crippen LogP contribution in [0.4, 0.5) is 0 Å². The molecule has 0 spiro atoms. The van der Waals surface area contributed by atoms with Gasteiger partial charge in [-0.15, -0.1) is 0 Å². The summed E-state index contributed by atoms with van der Waals surface area (Å²) in [6, 6.07) is 11.5. The SMILES string of the molecule is COc1ccc2c(c1)CCCC2NC(=O)CCc1ccc(Cl)cc1Cl. The second-order valence-electron chi connectivity index (χ2n) is 6.31. The summed E-state index contributed by atoms with van der Waals surface area (Å²) in [5.74, 6) is 0.905. The van der Waals surface area contributed by atoms with Crippen LogP contribution in [-0.4, -0.2) is 13.0 Å². The van der Waals surface area contributed by atoms with Crippen molar-refractivity contribution in [3.8, 4) is 5.75 Å². The Kier molecular flexibility index (Phi) is 5.87. The van der Waals surface area contributed by atoms with E-state index in [0.717, 1.165) is 30.6 Å². The summed E-state index contributed by atoms with van der Waals surface area (Å²) in [6.07, 6.45) is 4.06. The highest BCUT2D eigenvalue weighted by Crippen LogP contribution is 2.32. The van der Waals surface area contributed by atoms with Crippen molar-refractivity contribution in [2.45, 2.75) is 38.1 Å². The number of amides is 1. The first-order valence-electron chi connectivity index (χ1n) is 8.47. The van der Waals surface area contributed by atoms with Gasteiger partial charge in [-0.05, 0) is 66.6 Å². The summed E-state index contributed by atoms with van der Waals surface area (Å²) in [7, 11) is 1.67. The molecular weight excluding hydrogens is 357 g/mol. The Balaban J connectivity index is 1.62. The summed E-state index contributed by atoms with van der Waals surface area (Å²) in [4.78, 5) is 12.4. The Labute approximate surface area is 158 Å². The number of aryl methyl sites for hydroxylation is 2. The van der Waals surface area contributed by atoms with Gasteiger partial charge in [-0.2, -0.15) is 0 Å². The van der Waals surface area contributed by atoms with Crippen LogP contribution in [0.5, 0.6) is 5.75 Å². The van der Waals surface area contributed by atoms with Crippen molar-refractivity contribution < 1.29 is 9.53 Å². The van der Waals surface area contributed by atoms with Gasteiger partial charge in [0.25, 0.3) is 0 Å². The third kappa shape index (κ3) is 4.47. The quantitative estimate of drug-likeness (QED) is 0.784. The molecule has 0 aromatic heterocycles. The number of ether oxygens (including phenoxy) is 1. The highest BCUT2D eigenvalue weighted by Gasteiger charge is 2.22. The van der Waals surface area contributed by atoms with Crippen LogP contribution in [0.1, 0.15) is 42.0 Å². The Morgan fingerprint density at radius 2 is 2.08 bits per heavy atom. The van der Waals surface area contributed by atoms with E-state index in [4.69, 9.17) is 27.9 Å². The van der Waals surface area contributed by atoms with Gasteiger partial charge in [-0.1, -0.05) is 35.3 Å². The first-order chi connectivity index (χ1) is 12.1. The van der Waals surface area contributed by atoms with Crippen LogP contribution in [0, 0.1) is 0 Å². The van der Waals surface area contributed by atoms with E-state index in [0.29, 0.717) is 22.9 Å². The molecule has 25 heavy (non-hydrogen) atoms. The number of hydrogen-bond donors (Lipinski definition) is 1. The lowest BCUT2D eigenvalue weighted by Gasteiger charge is -2.27. The van der Waals surface area contributed by atoms with E-state index in [9.17, 15) is 4.79 Å². The maximum Gasteiger partial charge on any atom is 0.220 e. The Morgan fingerprint density at radius 3 is 2.84 bits per heavy atom. The van der Waals surface area contributed by atoms with Crippen molar-refractivity contribution in [1.82, 2.24) is 5.32 Å². The van der Waals surface area contributed by atoms with Gasteiger partial charge < -0.3 is 10.1 Å². The van der Waals surface area contributed by atoms with Crippen LogP contribution >= 0.6 is 23.2 Å². The van der Waals surface area contributed by atoms with Crippen LogP contribution in [-0.2, 0) is 17.6 Å². The maximum atomic E-state index is 12.4. The highest BCUT2D eigenvalue weighted by atomic mass is 35.5. The lowest BCUT2D eigenvalue weighted by atomic mass is 9.87. The first kappa shape index (κ1) is 18.1. The molecule has 0 aliphatic heterocycles. The zero-order valence-electron chi connectivity index (χ0n) is 14.1. The molecule has 1 N–H and O–H groups in total. The number of fused-ring (bicyclic) bond motifs is 1. The van der Waals surface area contributed by atoms with Gasteiger partial charge in [0, 0.05) is 16.5 Å². The average Bonchev–Trinajstić information content (AvgIpc) is 2.60. The molecule has 0 fully saturated rings. The van der Waals surface area contributed by atoms with E-state index in [1.165, 1.54) is 11.1 Å². The van der Waals surface area contributed by atoms with E-state index in [1.54, 1.807) is 19.2 Å². The molecule has 3 nitrogen and oxygen atoms in total. The number of carbonyl (C=O) groups excluding carboxylic acids is 1. The lowest BCUT2D eigenvalue weighted by Crippen LogP contribution is -2.31. The molecule has 2 aromatic carbocycles. The average molecular weight is 378 g/mol. The minimum Gasteiger partial charge on any atom is -0.497 e. The van der Waals surface area contributed by atoms with Crippen LogP contribution in [0.25, 0.3) is 0 Å². The van der Waals surface area contributed by atoms with Crippen molar-refractivity contribution in [2.24, 2.45) is 0 Å². The van der Waals surface area contributed by atoms with Crippen LogP contribution in [0.3, 0.4) is 0 Å². The predicted molar refractivity (Wildman–Crippen MR) is 102 cm³/mol. The fourth-order valence-corrected chi connectivity index (χ4v) is 3.81. The molecule has 1 unspecified atom stereocenters. The summed E-state index contributed by atoms with van der Waals surface area (Å²) >= 11 is 12.1. The van der Waals surface area contributed by atoms with Gasteiger partial charge in [-0.3, -0.25) is 4.79 Å². The fraction of sp³-hybridized carbons (Fsp3) is 0.350. The van der Waals surface area contributed by atoms with E-state index < -0.39 is 0 Å². The van der Waals surface area contributed by atoms with Gasteiger partial charge in [0.05, 0.1) is 13.2 Å². The normalized spacial score (nSPS) is 16.2. The molecule has 3 rings (SSSR count). The maximum absolute atomic E-state index is 12.4. The van der Waals surface area contributed by atoms with Crippen molar-refractivity contribution in [3.05, 3.63) is 63.1 Å². The molecule has 1 amide bonds. The standard InChI is InChI=1S/C20H21Cl2NO2/c1-25-16-8-9-17-14(11-16)3-2-4-19(17)23-20(24)10-6-13-5-7-15(21)12-18(13)22/h5,7-9,11-12,19H,2-4,6,10H2,1H3,(H,23,24). The summed E-state index contributed by atoms with van der Waals surface area (Å²) in [6.45, 7) is 0. The molecule has 1 atom stereocenters. The van der Waals surface area contributed by atoms with Gasteiger partial charge in [0.2, 0.25) is 5.91 Å². The Bertz CT molecular complexity index is 776. The number of rotatable bonds is 5. The van der Waals surface area contributed by atoms with Gasteiger partial charge in [-0.25, -0.2) is 0 Å². The molecule has 0 radical (unpaired) electrons. The number of halogens is 2. The van der Waals surface area contributed by atoms with Crippen molar-refractivity contribution >= 4 is 29.1 Å². The Morgan fingerprint density at radius 1 is 1.24 bits per heavy atom. The number of methoxy groups -OCH3 is 1. The Hall–Kier alpha value is -1.71. The second-order valence-corrected chi connectivity index (χ2v) is 7.16. The smallest absolute Gasteiger partial charge is 0.220 e. The summed E-state index contributed by atoms with van der Waals surface area (Å²) in [5.41, 5.74) is 3.40. The molecule has 0 saturated heterocycles. The third-order valence-electron chi connectivity index (χ3n) is 4.64. The van der Waals surface area contributed by atoms with Gasteiger partial charge in [0.1, 0.15) is 5.75 Å². The zero-order chi connectivity index (χ0) is 17.8. The van der Waals surface area contributed by atoms with E-state index in [1.807, 2.05) is 12.1 Å². The number of carbonyl (C=O) groups is 1. The zero-order valence-corrected chi connectivity index (χ0v) is 15.7. The van der Waals surface area contributed by atoms with Gasteiger partial charge >= 0.3 is 0 Å². The number of benzene rings is 2. The largest absolute Gasteiger partial charge is 0.497 e. The summed E-state index contributed by atoms with van der Waals surface area (Å²) < 4.78 is 5.29. The monoisotopic (exact) mass is 377 g/mol. The van der Waals surface area contributed by atoms with Crippen LogP contribution in [0.15, 0.2) is 36.4 Å². The molecule has 0 saturated carbocycles. The molecule has 5 heteroatoms. The lowest BCUT2D eigenvalue weighted by molar-refractivity contribution is -0.121. The predicted octanol–water partition coefficient (Wildman–Crippen LogP) is 5.13. The molecule has 2 aromatic rings. The van der Waals surface area contributed by atoms with E-state index in [2.05, 4.69) is 17.4 Å². The number of nitrogens with one attached hydrogen (secondary N) is 1. The van der Waals surface area contributed by atoms with Gasteiger partial charge in [0.15, 0.2) is 0 Å². The van der Waals surface area contributed by atoms with Crippen molar-refractivity contribution in [1.29, 1.82) is 0 Å². The number of hydrogen-bond acceptors (Lipinski definition) is 2. The second kappa shape index (κ2) is 8.11. The fourth-order valence-electron chi connectivity index (χ4n) is 3.31. The topological polar surface area (TPSA) is 38.3 Å². The molecule has 0 bridgehead atoms. The van der Waals surface area contributed by atoms with Crippen LogP contribution < -0.4 is 10.1 Å². The molecule has 1 aliphatic rings. The van der Waals surface area contributed by atoms with E-state index in [-0.39, 0.29) is 11.9 Å². The molecule has 0 heterocycles. The van der Waals surface area contributed by atoms with Crippen molar-refractivity contribution in [3.63, 3.8) is 0 Å². The van der Waals surface area contributed by atoms with Crippen molar-refractivity contribution in [2.75, 3.05) is 7.11 Å².